The maximum absolute atomic E-state index is 6.78. The van der Waals surface area contributed by atoms with Gasteiger partial charge in [-0.3, -0.25) is 4.99 Å². The molecule has 0 saturated heterocycles. The van der Waals surface area contributed by atoms with Gasteiger partial charge in [0.05, 0.1) is 20.3 Å². The minimum absolute atomic E-state index is 0.463. The molecule has 0 aromatic heterocycles. The van der Waals surface area contributed by atoms with E-state index in [0.717, 1.165) is 46.9 Å². The molecule has 0 fully saturated rings. The second-order valence-corrected chi connectivity index (χ2v) is 7.63. The molecular formula is C24H21ClN2O2. The average molecular weight is 405 g/mol. The Morgan fingerprint density at radius 2 is 1.76 bits per heavy atom. The van der Waals surface area contributed by atoms with E-state index >= 15 is 0 Å². The smallest absolute Gasteiger partial charge is 0.196 e. The molecule has 146 valence electrons. The van der Waals surface area contributed by atoms with Gasteiger partial charge in [0.15, 0.2) is 5.72 Å². The van der Waals surface area contributed by atoms with E-state index < -0.39 is 5.72 Å². The van der Waals surface area contributed by atoms with Gasteiger partial charge >= 0.3 is 0 Å². The summed E-state index contributed by atoms with van der Waals surface area (Å²) in [6.07, 6.45) is 0. The first kappa shape index (κ1) is 18.2. The summed E-state index contributed by atoms with van der Waals surface area (Å²) in [4.78, 5) is 7.06. The van der Waals surface area contributed by atoms with E-state index in [1.165, 1.54) is 0 Å². The van der Waals surface area contributed by atoms with Crippen LogP contribution in [0.3, 0.4) is 0 Å². The molecule has 0 N–H and O–H groups in total. The summed E-state index contributed by atoms with van der Waals surface area (Å²) >= 11 is 6.19. The molecule has 0 radical (unpaired) electrons. The number of halogens is 1. The van der Waals surface area contributed by atoms with Gasteiger partial charge in [-0.25, -0.2) is 0 Å². The van der Waals surface area contributed by atoms with Gasteiger partial charge in [0.2, 0.25) is 0 Å². The van der Waals surface area contributed by atoms with E-state index in [4.69, 9.17) is 26.1 Å². The maximum atomic E-state index is 6.78. The van der Waals surface area contributed by atoms with Gasteiger partial charge in [-0.2, -0.15) is 0 Å². The summed E-state index contributed by atoms with van der Waals surface area (Å²) in [6.45, 7) is 2.05. The van der Waals surface area contributed by atoms with E-state index in [2.05, 4.69) is 29.2 Å². The number of hydrogen-bond acceptors (Lipinski definition) is 4. The number of fused-ring (bicyclic) bond motifs is 3. The molecule has 29 heavy (non-hydrogen) atoms. The normalized spacial score (nSPS) is 19.7. The molecule has 0 bridgehead atoms. The third-order valence-corrected chi connectivity index (χ3v) is 5.85. The summed E-state index contributed by atoms with van der Waals surface area (Å²) in [7, 11) is 1.67. The number of amidine groups is 1. The van der Waals surface area contributed by atoms with Crippen LogP contribution in [0, 0.1) is 0 Å². The van der Waals surface area contributed by atoms with Crippen LogP contribution in [-0.2, 0) is 17.1 Å². The van der Waals surface area contributed by atoms with Crippen LogP contribution in [0.15, 0.2) is 77.8 Å². The third kappa shape index (κ3) is 2.91. The Morgan fingerprint density at radius 3 is 2.52 bits per heavy atom. The van der Waals surface area contributed by atoms with Gasteiger partial charge in [0.25, 0.3) is 0 Å². The van der Waals surface area contributed by atoms with E-state index in [-0.39, 0.29) is 0 Å². The number of ether oxygens (including phenoxy) is 2. The standard InChI is InChI=1S/C24H21ClN2O2/c1-28-20-12-6-17(7-13-20)16-29-24(18-8-10-19(25)11-9-18)22-5-3-2-4-21(22)23-26-14-15-27(23)24/h2-13H,14-16H2,1H3. The highest BCUT2D eigenvalue weighted by molar-refractivity contribution is 6.30. The van der Waals surface area contributed by atoms with Crippen molar-refractivity contribution in [2.45, 2.75) is 12.3 Å². The van der Waals surface area contributed by atoms with Gasteiger partial charge in [0.1, 0.15) is 11.6 Å². The van der Waals surface area contributed by atoms with Gasteiger partial charge in [0, 0.05) is 28.3 Å². The molecule has 2 heterocycles. The maximum Gasteiger partial charge on any atom is 0.196 e. The highest BCUT2D eigenvalue weighted by atomic mass is 35.5. The molecule has 2 aliphatic rings. The van der Waals surface area contributed by atoms with Crippen LogP contribution in [0.2, 0.25) is 5.02 Å². The van der Waals surface area contributed by atoms with Crippen LogP contribution in [0.4, 0.5) is 0 Å². The Hall–Kier alpha value is -2.82. The van der Waals surface area contributed by atoms with E-state index in [1.54, 1.807) is 7.11 Å². The van der Waals surface area contributed by atoms with Crippen LogP contribution in [0.5, 0.6) is 5.75 Å². The molecule has 1 atom stereocenters. The molecular weight excluding hydrogens is 384 g/mol. The zero-order valence-electron chi connectivity index (χ0n) is 16.1. The third-order valence-electron chi connectivity index (χ3n) is 5.60. The van der Waals surface area contributed by atoms with Crippen molar-refractivity contribution in [2.75, 3.05) is 20.2 Å². The van der Waals surface area contributed by atoms with Crippen LogP contribution >= 0.6 is 11.6 Å². The topological polar surface area (TPSA) is 34.1 Å². The Morgan fingerprint density at radius 1 is 1.00 bits per heavy atom. The average Bonchev–Trinajstić information content (AvgIpc) is 3.35. The summed E-state index contributed by atoms with van der Waals surface area (Å²) < 4.78 is 12.1. The minimum Gasteiger partial charge on any atom is -0.497 e. The lowest BCUT2D eigenvalue weighted by Gasteiger charge is -2.39. The van der Waals surface area contributed by atoms with E-state index in [1.807, 2.05) is 48.5 Å². The van der Waals surface area contributed by atoms with Gasteiger partial charge in [-0.15, -0.1) is 0 Å². The Balaban J connectivity index is 1.61. The SMILES string of the molecule is COc1ccc(COC2(c3ccc(Cl)cc3)c3ccccc3C3=NCCN32)cc1. The first-order chi connectivity index (χ1) is 14.2. The quantitative estimate of drug-likeness (QED) is 0.610. The minimum atomic E-state index is -0.726. The fourth-order valence-corrected chi connectivity index (χ4v) is 4.36. The number of nitrogens with zero attached hydrogens (tertiary/aromatic N) is 2. The van der Waals surface area contributed by atoms with Crippen molar-refractivity contribution in [1.29, 1.82) is 0 Å². The molecule has 1 unspecified atom stereocenters. The van der Waals surface area contributed by atoms with Crippen molar-refractivity contribution in [3.8, 4) is 5.75 Å². The number of hydrogen-bond donors (Lipinski definition) is 0. The Labute approximate surface area is 175 Å². The first-order valence-corrected chi connectivity index (χ1v) is 10.0. The molecule has 3 aromatic rings. The van der Waals surface area contributed by atoms with Crippen molar-refractivity contribution in [2.24, 2.45) is 4.99 Å². The van der Waals surface area contributed by atoms with Crippen molar-refractivity contribution in [1.82, 2.24) is 4.90 Å². The Bertz CT molecular complexity index is 1060. The second-order valence-electron chi connectivity index (χ2n) is 7.19. The molecule has 5 heteroatoms. The van der Waals surface area contributed by atoms with Crippen molar-refractivity contribution in [3.05, 3.63) is 100 Å². The lowest BCUT2D eigenvalue weighted by atomic mass is 9.93. The highest BCUT2D eigenvalue weighted by Crippen LogP contribution is 2.47. The number of rotatable bonds is 5. The number of methoxy groups -OCH3 is 1. The predicted molar refractivity (Wildman–Crippen MR) is 115 cm³/mol. The zero-order chi connectivity index (χ0) is 19.8. The van der Waals surface area contributed by atoms with Crippen molar-refractivity contribution >= 4 is 17.4 Å². The summed E-state index contributed by atoms with van der Waals surface area (Å²) in [5.74, 6) is 1.84. The van der Waals surface area contributed by atoms with E-state index in [9.17, 15) is 0 Å². The van der Waals surface area contributed by atoms with Gasteiger partial charge in [-0.05, 0) is 29.8 Å². The molecule has 0 spiro atoms. The molecule has 4 nitrogen and oxygen atoms in total. The van der Waals surface area contributed by atoms with E-state index in [0.29, 0.717) is 11.6 Å². The lowest BCUT2D eigenvalue weighted by Crippen LogP contribution is -2.46. The largest absolute Gasteiger partial charge is 0.497 e. The second kappa shape index (κ2) is 7.21. The zero-order valence-corrected chi connectivity index (χ0v) is 16.9. The predicted octanol–water partition coefficient (Wildman–Crippen LogP) is 4.84. The van der Waals surface area contributed by atoms with Crippen LogP contribution in [-0.4, -0.2) is 30.9 Å². The monoisotopic (exact) mass is 404 g/mol. The molecule has 2 aliphatic heterocycles. The van der Waals surface area contributed by atoms with Crippen LogP contribution < -0.4 is 4.74 Å². The van der Waals surface area contributed by atoms with Crippen molar-refractivity contribution < 1.29 is 9.47 Å². The fourth-order valence-electron chi connectivity index (χ4n) is 4.24. The molecule has 0 aliphatic carbocycles. The fraction of sp³-hybridized carbons (Fsp3) is 0.208. The summed E-state index contributed by atoms with van der Waals surface area (Å²) in [6, 6.07) is 24.3. The highest BCUT2D eigenvalue weighted by Gasteiger charge is 2.52. The number of aliphatic imine (C=N–C) groups is 1. The lowest BCUT2D eigenvalue weighted by molar-refractivity contribution is -0.104. The summed E-state index contributed by atoms with van der Waals surface area (Å²) in [5, 5.41) is 0.709. The van der Waals surface area contributed by atoms with Crippen molar-refractivity contribution in [3.63, 3.8) is 0 Å². The van der Waals surface area contributed by atoms with Gasteiger partial charge < -0.3 is 14.4 Å². The van der Waals surface area contributed by atoms with Crippen LogP contribution in [0.1, 0.15) is 22.3 Å². The van der Waals surface area contributed by atoms with Gasteiger partial charge in [-0.1, -0.05) is 60.1 Å². The molecule has 3 aromatic carbocycles. The summed E-state index contributed by atoms with van der Waals surface area (Å²) in [5.41, 5.74) is 3.66. The first-order valence-electron chi connectivity index (χ1n) is 9.67. The molecule has 0 saturated carbocycles. The number of benzene rings is 3. The Kier molecular flexibility index (Phi) is 4.53. The van der Waals surface area contributed by atoms with Crippen LogP contribution in [0.25, 0.3) is 0 Å². The molecule has 0 amide bonds. The molecule has 5 rings (SSSR count).